The standard InChI is InChI=1S/C22H34N4O9/c1-12(2)6-14(18(28)22(3)11-34-22)23-20(30)16(9-32-4)25-21(31)17(10-33-5)24-19(29)15-7-13(8-27)35-26-15/h7,12,14,16-17,27H,6,8-11H2,1-5H3,(H,23,30)(H,24,29)(H,25,31)/t14?,16-,17?,22+/m0/s1. The van der Waals surface area contributed by atoms with E-state index in [0.717, 1.165) is 0 Å². The summed E-state index contributed by atoms with van der Waals surface area (Å²) in [6, 6.07) is -1.89. The van der Waals surface area contributed by atoms with E-state index in [1.54, 1.807) is 6.92 Å². The number of amides is 3. The van der Waals surface area contributed by atoms with Crippen molar-refractivity contribution in [1.29, 1.82) is 0 Å². The molecule has 2 heterocycles. The number of ketones is 1. The highest BCUT2D eigenvalue weighted by molar-refractivity contribution is 5.99. The first kappa shape index (κ1) is 28.4. The molecule has 0 bridgehead atoms. The van der Waals surface area contributed by atoms with Crippen molar-refractivity contribution in [3.05, 3.63) is 17.5 Å². The molecule has 0 aliphatic carbocycles. The number of carbonyl (C=O) groups excluding carboxylic acids is 4. The molecule has 1 aromatic heterocycles. The van der Waals surface area contributed by atoms with E-state index in [4.69, 9.17) is 23.8 Å². The van der Waals surface area contributed by atoms with Crippen LogP contribution < -0.4 is 16.0 Å². The SMILES string of the molecule is COCC(NC(=O)c1cc(CO)on1)C(=O)N[C@@H](COC)C(=O)NC(CC(C)C)C(=O)[C@@]1(C)CO1. The van der Waals surface area contributed by atoms with Crippen LogP contribution >= 0.6 is 0 Å². The van der Waals surface area contributed by atoms with E-state index in [-0.39, 0.29) is 43.0 Å². The lowest BCUT2D eigenvalue weighted by atomic mass is 9.93. The fraction of sp³-hybridized carbons (Fsp3) is 0.682. The van der Waals surface area contributed by atoms with E-state index >= 15 is 0 Å². The van der Waals surface area contributed by atoms with E-state index in [1.807, 2.05) is 13.8 Å². The van der Waals surface area contributed by atoms with Crippen LogP contribution in [0.4, 0.5) is 0 Å². The second-order valence-corrected chi connectivity index (χ2v) is 8.91. The summed E-state index contributed by atoms with van der Waals surface area (Å²) in [4.78, 5) is 51.2. The van der Waals surface area contributed by atoms with Gasteiger partial charge in [-0.15, -0.1) is 0 Å². The van der Waals surface area contributed by atoms with Crippen molar-refractivity contribution in [2.75, 3.05) is 34.0 Å². The number of Topliss-reactive ketones (excluding diaryl/α,β-unsaturated/α-hetero) is 1. The first-order chi connectivity index (χ1) is 16.5. The molecular weight excluding hydrogens is 464 g/mol. The molecule has 0 spiro atoms. The van der Waals surface area contributed by atoms with Crippen molar-refractivity contribution >= 4 is 23.5 Å². The number of carbonyl (C=O) groups is 4. The molecule has 0 radical (unpaired) electrons. The summed E-state index contributed by atoms with van der Waals surface area (Å²) in [5.74, 6) is -2.11. The van der Waals surface area contributed by atoms with Crippen LogP contribution in [0.1, 0.15) is 43.4 Å². The largest absolute Gasteiger partial charge is 0.388 e. The van der Waals surface area contributed by atoms with Gasteiger partial charge in [0.1, 0.15) is 24.3 Å². The molecule has 1 aliphatic rings. The van der Waals surface area contributed by atoms with Crippen LogP contribution in [0.2, 0.25) is 0 Å². The maximum Gasteiger partial charge on any atom is 0.274 e. The Morgan fingerprint density at radius 1 is 1.06 bits per heavy atom. The Morgan fingerprint density at radius 2 is 1.60 bits per heavy atom. The number of hydrogen-bond donors (Lipinski definition) is 4. The summed E-state index contributed by atoms with van der Waals surface area (Å²) < 4.78 is 20.1. The van der Waals surface area contributed by atoms with Gasteiger partial charge in [-0.1, -0.05) is 19.0 Å². The molecule has 35 heavy (non-hydrogen) atoms. The lowest BCUT2D eigenvalue weighted by Crippen LogP contribution is -2.58. The van der Waals surface area contributed by atoms with Crippen molar-refractivity contribution in [1.82, 2.24) is 21.1 Å². The van der Waals surface area contributed by atoms with Gasteiger partial charge in [-0.3, -0.25) is 19.2 Å². The molecular formula is C22H34N4O9. The van der Waals surface area contributed by atoms with Crippen molar-refractivity contribution in [3.8, 4) is 0 Å². The van der Waals surface area contributed by atoms with Crippen molar-refractivity contribution in [3.63, 3.8) is 0 Å². The molecule has 1 aromatic rings. The number of ether oxygens (including phenoxy) is 3. The fourth-order valence-corrected chi connectivity index (χ4v) is 3.29. The van der Waals surface area contributed by atoms with Crippen molar-refractivity contribution in [2.24, 2.45) is 5.92 Å². The highest BCUT2D eigenvalue weighted by atomic mass is 16.6. The van der Waals surface area contributed by atoms with Crippen LogP contribution in [-0.4, -0.2) is 91.5 Å². The normalized spacial score (nSPS) is 19.5. The molecule has 13 heteroatoms. The second kappa shape index (κ2) is 12.7. The number of aromatic nitrogens is 1. The number of nitrogens with one attached hydrogen (secondary N) is 3. The molecule has 196 valence electrons. The topological polar surface area (TPSA) is 182 Å². The number of epoxide rings is 1. The van der Waals surface area contributed by atoms with Gasteiger partial charge in [0.25, 0.3) is 5.91 Å². The molecule has 1 saturated heterocycles. The van der Waals surface area contributed by atoms with E-state index in [1.165, 1.54) is 20.3 Å². The second-order valence-electron chi connectivity index (χ2n) is 8.91. The molecule has 3 amide bonds. The van der Waals surface area contributed by atoms with Crippen LogP contribution in [0.25, 0.3) is 0 Å². The van der Waals surface area contributed by atoms with Crippen LogP contribution in [0.3, 0.4) is 0 Å². The van der Waals surface area contributed by atoms with E-state index < -0.39 is 48.1 Å². The molecule has 0 aromatic carbocycles. The van der Waals surface area contributed by atoms with Gasteiger partial charge in [0.2, 0.25) is 11.8 Å². The van der Waals surface area contributed by atoms with Gasteiger partial charge in [-0.2, -0.15) is 0 Å². The van der Waals surface area contributed by atoms with Crippen LogP contribution in [0.5, 0.6) is 0 Å². The summed E-state index contributed by atoms with van der Waals surface area (Å²) in [6.45, 7) is 4.98. The minimum Gasteiger partial charge on any atom is -0.388 e. The maximum absolute atomic E-state index is 13.0. The zero-order chi connectivity index (χ0) is 26.2. The lowest BCUT2D eigenvalue weighted by molar-refractivity contribution is -0.134. The molecule has 4 N–H and O–H groups in total. The van der Waals surface area contributed by atoms with Gasteiger partial charge >= 0.3 is 0 Å². The molecule has 1 aliphatic heterocycles. The average Bonchev–Trinajstić information content (AvgIpc) is 3.37. The zero-order valence-corrected chi connectivity index (χ0v) is 20.6. The molecule has 13 nitrogen and oxygen atoms in total. The Balaban J connectivity index is 2.08. The van der Waals surface area contributed by atoms with Gasteiger partial charge in [-0.05, 0) is 19.3 Å². The quantitative estimate of drug-likeness (QED) is 0.217. The van der Waals surface area contributed by atoms with Crippen LogP contribution in [-0.2, 0) is 35.2 Å². The first-order valence-corrected chi connectivity index (χ1v) is 11.2. The predicted molar refractivity (Wildman–Crippen MR) is 120 cm³/mol. The summed E-state index contributed by atoms with van der Waals surface area (Å²) >= 11 is 0. The van der Waals surface area contributed by atoms with E-state index in [2.05, 4.69) is 21.1 Å². The third-order valence-corrected chi connectivity index (χ3v) is 5.31. The first-order valence-electron chi connectivity index (χ1n) is 11.2. The third-order valence-electron chi connectivity index (χ3n) is 5.31. The monoisotopic (exact) mass is 498 g/mol. The number of aliphatic hydroxyl groups excluding tert-OH is 1. The highest BCUT2D eigenvalue weighted by Crippen LogP contribution is 2.29. The molecule has 4 atom stereocenters. The predicted octanol–water partition coefficient (Wildman–Crippen LogP) is -1.07. The average molecular weight is 499 g/mol. The van der Waals surface area contributed by atoms with Gasteiger partial charge in [0.15, 0.2) is 17.2 Å². The molecule has 2 rings (SSSR count). The number of aliphatic hydroxyl groups is 1. The summed E-state index contributed by atoms with van der Waals surface area (Å²) in [5.41, 5.74) is -1.06. The number of hydrogen-bond acceptors (Lipinski definition) is 10. The molecule has 2 unspecified atom stereocenters. The smallest absolute Gasteiger partial charge is 0.274 e. The Hall–Kier alpha value is -2.87. The van der Waals surface area contributed by atoms with Crippen molar-refractivity contribution < 1.29 is 43.0 Å². The summed E-state index contributed by atoms with van der Waals surface area (Å²) in [5, 5.41) is 20.3. The van der Waals surface area contributed by atoms with Gasteiger partial charge in [-0.25, -0.2) is 0 Å². The van der Waals surface area contributed by atoms with Gasteiger partial charge in [0, 0.05) is 20.3 Å². The highest BCUT2D eigenvalue weighted by Gasteiger charge is 2.50. The summed E-state index contributed by atoms with van der Waals surface area (Å²) in [6.07, 6.45) is 0.396. The van der Waals surface area contributed by atoms with Crippen LogP contribution in [0.15, 0.2) is 10.6 Å². The Bertz CT molecular complexity index is 897. The Morgan fingerprint density at radius 3 is 2.06 bits per heavy atom. The van der Waals surface area contributed by atoms with E-state index in [0.29, 0.717) is 6.42 Å². The number of methoxy groups -OCH3 is 2. The van der Waals surface area contributed by atoms with Gasteiger partial charge < -0.3 is 39.8 Å². The third kappa shape index (κ3) is 8.09. The maximum atomic E-state index is 13.0. The number of nitrogens with zero attached hydrogens (tertiary/aromatic N) is 1. The lowest BCUT2D eigenvalue weighted by Gasteiger charge is -2.26. The van der Waals surface area contributed by atoms with Crippen molar-refractivity contribution in [2.45, 2.75) is 57.5 Å². The molecule has 0 saturated carbocycles. The van der Waals surface area contributed by atoms with E-state index in [9.17, 15) is 19.2 Å². The summed E-state index contributed by atoms with van der Waals surface area (Å²) in [7, 11) is 2.70. The van der Waals surface area contributed by atoms with Crippen LogP contribution in [0, 0.1) is 5.92 Å². The minimum absolute atomic E-state index is 0.0793. The number of rotatable bonds is 15. The Labute approximate surface area is 203 Å². The zero-order valence-electron chi connectivity index (χ0n) is 20.6. The molecule has 1 fully saturated rings. The Kier molecular flexibility index (Phi) is 10.3. The van der Waals surface area contributed by atoms with Gasteiger partial charge in [0.05, 0.1) is 25.9 Å². The fourth-order valence-electron chi connectivity index (χ4n) is 3.29. The minimum atomic E-state index is -1.18.